The van der Waals surface area contributed by atoms with Gasteiger partial charge in [-0.05, 0) is 72.5 Å². The van der Waals surface area contributed by atoms with Crippen LogP contribution in [0.3, 0.4) is 0 Å². The summed E-state index contributed by atoms with van der Waals surface area (Å²) in [7, 11) is 0.667. The average Bonchev–Trinajstić information content (AvgIpc) is 3.36. The smallest absolute Gasteiger partial charge is 0.138 e. The largest absolute Gasteiger partial charge is 0.345 e. The summed E-state index contributed by atoms with van der Waals surface area (Å²) in [4.78, 5) is 8.58. The minimum Gasteiger partial charge on any atom is -0.345 e. The molecule has 0 aliphatic heterocycles. The molecule has 3 aromatic heterocycles. The first kappa shape index (κ1) is 19.1. The molecule has 0 saturated heterocycles. The number of hydrogen-bond donors (Lipinski definition) is 1. The molecule has 0 bridgehead atoms. The van der Waals surface area contributed by atoms with Gasteiger partial charge in [0.2, 0.25) is 0 Å². The summed E-state index contributed by atoms with van der Waals surface area (Å²) in [6.07, 6.45) is 3.82. The molecule has 0 amide bonds. The van der Waals surface area contributed by atoms with E-state index < -0.39 is 11.0 Å². The van der Waals surface area contributed by atoms with Gasteiger partial charge in [-0.15, -0.1) is 0 Å². The molecule has 0 aliphatic carbocycles. The van der Waals surface area contributed by atoms with Crippen molar-refractivity contribution in [3.8, 4) is 22.3 Å². The van der Waals surface area contributed by atoms with Crippen LogP contribution in [0.2, 0.25) is 0 Å². The van der Waals surface area contributed by atoms with Gasteiger partial charge in [-0.1, -0.05) is 12.1 Å². The third-order valence-electron chi connectivity index (χ3n) is 4.95. The molecular weight excluding hydrogens is 386 g/mol. The zero-order valence-corrected chi connectivity index (χ0v) is 18.0. The molecule has 0 aliphatic rings. The molecule has 0 spiro atoms. The predicted molar refractivity (Wildman–Crippen MR) is 119 cm³/mol. The Hall–Kier alpha value is -2.28. The molecule has 28 heavy (non-hydrogen) atoms. The van der Waals surface area contributed by atoms with Crippen molar-refractivity contribution in [3.63, 3.8) is 0 Å². The molecule has 3 heterocycles. The number of hydrogen-bond acceptors (Lipinski definition) is 3. The second-order valence-corrected chi connectivity index (χ2v) is 10.0. The average molecular weight is 410 g/mol. The van der Waals surface area contributed by atoms with Gasteiger partial charge in [0, 0.05) is 35.9 Å². The lowest BCUT2D eigenvalue weighted by Gasteiger charge is -2.30. The van der Waals surface area contributed by atoms with E-state index in [1.165, 1.54) is 5.56 Å². The highest BCUT2D eigenvalue weighted by Gasteiger charge is 2.24. The predicted octanol–water partition coefficient (Wildman–Crippen LogP) is 5.71. The van der Waals surface area contributed by atoms with Gasteiger partial charge in [-0.2, -0.15) is 11.3 Å². The second-order valence-electron chi connectivity index (χ2n) is 7.74. The molecule has 0 fully saturated rings. The maximum atomic E-state index is 13.0. The summed E-state index contributed by atoms with van der Waals surface area (Å²) < 4.78 is 14.9. The number of aromatic nitrogens is 2. The lowest BCUT2D eigenvalue weighted by molar-refractivity contribution is 0.307. The van der Waals surface area contributed by atoms with Crippen molar-refractivity contribution in [1.29, 1.82) is 0 Å². The fourth-order valence-corrected chi connectivity index (χ4v) is 5.01. The summed E-state index contributed by atoms with van der Waals surface area (Å²) in [5, 5.41) is 5.32. The fraction of sp³-hybridized carbons (Fsp3) is 0.227. The third-order valence-corrected chi connectivity index (χ3v) is 7.33. The summed E-state index contributed by atoms with van der Waals surface area (Å²) >= 11 is 1.68. The van der Waals surface area contributed by atoms with Crippen molar-refractivity contribution in [1.82, 2.24) is 14.3 Å². The number of aromatic amines is 1. The molecule has 4 rings (SSSR count). The molecule has 1 unspecified atom stereocenters. The van der Waals surface area contributed by atoms with Crippen LogP contribution in [0.4, 0.5) is 0 Å². The highest BCUT2D eigenvalue weighted by Crippen LogP contribution is 2.37. The van der Waals surface area contributed by atoms with Crippen LogP contribution in [0.25, 0.3) is 33.3 Å². The van der Waals surface area contributed by atoms with E-state index in [4.69, 9.17) is 0 Å². The highest BCUT2D eigenvalue weighted by atomic mass is 32.2. The van der Waals surface area contributed by atoms with Crippen molar-refractivity contribution >= 4 is 33.4 Å². The third kappa shape index (κ3) is 3.43. The molecule has 0 radical (unpaired) electrons. The molecule has 1 aromatic carbocycles. The number of nitrogens with zero attached hydrogens (tertiary/aromatic N) is 2. The Labute approximate surface area is 171 Å². The molecular formula is C22H23N3OS2. The first-order valence-electron chi connectivity index (χ1n) is 9.11. The van der Waals surface area contributed by atoms with E-state index in [0.29, 0.717) is 0 Å². The van der Waals surface area contributed by atoms with Gasteiger partial charge in [0.15, 0.2) is 0 Å². The van der Waals surface area contributed by atoms with Gasteiger partial charge in [0.25, 0.3) is 0 Å². The maximum Gasteiger partial charge on any atom is 0.138 e. The zero-order valence-electron chi connectivity index (χ0n) is 16.4. The Morgan fingerprint density at radius 1 is 1.11 bits per heavy atom. The summed E-state index contributed by atoms with van der Waals surface area (Å²) in [5.74, 6) is 0. The van der Waals surface area contributed by atoms with Crippen LogP contribution >= 0.6 is 11.3 Å². The molecule has 4 aromatic rings. The molecule has 4 nitrogen and oxygen atoms in total. The highest BCUT2D eigenvalue weighted by molar-refractivity contribution is 7.82. The van der Waals surface area contributed by atoms with Crippen LogP contribution in [0.15, 0.2) is 64.4 Å². The number of fused-ring (bicyclic) bond motifs is 1. The first-order valence-corrected chi connectivity index (χ1v) is 11.2. The maximum absolute atomic E-state index is 13.0. The Morgan fingerprint density at radius 2 is 1.93 bits per heavy atom. The van der Waals surface area contributed by atoms with Crippen molar-refractivity contribution in [3.05, 3.63) is 59.6 Å². The Kier molecular flexibility index (Phi) is 4.95. The van der Waals surface area contributed by atoms with E-state index in [-0.39, 0.29) is 5.54 Å². The second kappa shape index (κ2) is 7.28. The monoisotopic (exact) mass is 409 g/mol. The van der Waals surface area contributed by atoms with E-state index in [9.17, 15) is 4.21 Å². The van der Waals surface area contributed by atoms with Crippen LogP contribution in [-0.4, -0.2) is 31.1 Å². The molecule has 1 N–H and O–H groups in total. The molecule has 6 heteroatoms. The van der Waals surface area contributed by atoms with E-state index in [2.05, 4.69) is 59.7 Å². The first-order chi connectivity index (χ1) is 13.4. The lowest BCUT2D eigenvalue weighted by Crippen LogP contribution is -2.39. The van der Waals surface area contributed by atoms with Crippen molar-refractivity contribution in [2.24, 2.45) is 0 Å². The summed E-state index contributed by atoms with van der Waals surface area (Å²) in [6.45, 7) is 6.19. The number of pyridine rings is 1. The van der Waals surface area contributed by atoms with E-state index in [1.54, 1.807) is 11.3 Å². The fourth-order valence-electron chi connectivity index (χ4n) is 3.12. The van der Waals surface area contributed by atoms with Gasteiger partial charge in [-0.25, -0.2) is 13.5 Å². The van der Waals surface area contributed by atoms with Gasteiger partial charge >= 0.3 is 0 Å². The van der Waals surface area contributed by atoms with E-state index in [1.807, 2.05) is 41.9 Å². The van der Waals surface area contributed by atoms with Gasteiger partial charge in [-0.3, -0.25) is 0 Å². The number of rotatable bonds is 4. The molecule has 1 atom stereocenters. The van der Waals surface area contributed by atoms with Crippen LogP contribution < -0.4 is 0 Å². The van der Waals surface area contributed by atoms with Crippen LogP contribution in [-0.2, 0) is 11.0 Å². The standard InChI is InChI=1S/C22H23N3OS2/c1-22(2,3)25(4)28(26)17-7-5-6-15(12-17)19-13-24-21-20(19)18(8-10-23-21)16-9-11-27-14-16/h5-14H,1-4H3,(H,23,24). The quantitative estimate of drug-likeness (QED) is 0.469. The Balaban J connectivity index is 1.83. The minimum atomic E-state index is -1.23. The van der Waals surface area contributed by atoms with E-state index in [0.717, 1.165) is 32.6 Å². The molecule has 0 saturated carbocycles. The van der Waals surface area contributed by atoms with Crippen molar-refractivity contribution in [2.45, 2.75) is 31.2 Å². The topological polar surface area (TPSA) is 49.0 Å². The Morgan fingerprint density at radius 3 is 2.64 bits per heavy atom. The SMILES string of the molecule is CN(S(=O)c1cccc(-c2c[nH]c3nccc(-c4ccsc4)c23)c1)C(C)(C)C. The van der Waals surface area contributed by atoms with Crippen LogP contribution in [0.1, 0.15) is 20.8 Å². The minimum absolute atomic E-state index is 0.183. The number of benzene rings is 1. The summed E-state index contributed by atoms with van der Waals surface area (Å²) in [5.41, 5.74) is 5.12. The molecule has 144 valence electrons. The van der Waals surface area contributed by atoms with Gasteiger partial charge in [0.1, 0.15) is 16.6 Å². The van der Waals surface area contributed by atoms with Gasteiger partial charge < -0.3 is 4.98 Å². The zero-order chi connectivity index (χ0) is 19.9. The van der Waals surface area contributed by atoms with Crippen LogP contribution in [0, 0.1) is 0 Å². The summed E-state index contributed by atoms with van der Waals surface area (Å²) in [6, 6.07) is 12.2. The number of H-pyrrole nitrogens is 1. The number of nitrogens with one attached hydrogen (secondary N) is 1. The Bertz CT molecular complexity index is 1140. The van der Waals surface area contributed by atoms with Crippen molar-refractivity contribution in [2.75, 3.05) is 7.05 Å². The normalized spacial score (nSPS) is 13.3. The van der Waals surface area contributed by atoms with Gasteiger partial charge in [0.05, 0.1) is 4.90 Å². The van der Waals surface area contributed by atoms with Crippen LogP contribution in [0.5, 0.6) is 0 Å². The van der Waals surface area contributed by atoms with E-state index >= 15 is 0 Å². The number of thiophene rings is 1. The lowest BCUT2D eigenvalue weighted by atomic mass is 10.00. The van der Waals surface area contributed by atoms with Crippen molar-refractivity contribution < 1.29 is 4.21 Å².